The van der Waals surface area contributed by atoms with Gasteiger partial charge in [0, 0.05) is 25.8 Å². The zero-order valence-corrected chi connectivity index (χ0v) is 14.5. The average Bonchev–Trinajstić information content (AvgIpc) is 2.82. The van der Waals surface area contributed by atoms with Gasteiger partial charge in [-0.05, 0) is 31.2 Å². The molecule has 5 nitrogen and oxygen atoms in total. The van der Waals surface area contributed by atoms with Gasteiger partial charge in [-0.25, -0.2) is 0 Å². The van der Waals surface area contributed by atoms with E-state index < -0.39 is 0 Å². The Kier molecular flexibility index (Phi) is 7.94. The van der Waals surface area contributed by atoms with Crippen LogP contribution in [-0.4, -0.2) is 28.3 Å². The van der Waals surface area contributed by atoms with Crippen LogP contribution in [0.1, 0.15) is 44.1 Å². The Hall–Kier alpha value is -0.790. The smallest absolute Gasteiger partial charge is 0.188 e. The summed E-state index contributed by atoms with van der Waals surface area (Å²) in [6.07, 6.45) is 12.4. The third-order valence-corrected chi connectivity index (χ3v) is 3.62. The normalized spacial score (nSPS) is 16.8. The molecule has 0 radical (unpaired) electrons. The SMILES string of the molecule is Cn1cc(CCCN=C(N)NC2CCCCC2)cn1.I. The zero-order valence-electron chi connectivity index (χ0n) is 12.2. The second kappa shape index (κ2) is 9.20. The van der Waals surface area contributed by atoms with Crippen molar-refractivity contribution in [2.45, 2.75) is 51.0 Å². The Morgan fingerprint density at radius 1 is 1.45 bits per heavy atom. The lowest BCUT2D eigenvalue weighted by atomic mass is 9.96. The molecule has 1 saturated carbocycles. The summed E-state index contributed by atoms with van der Waals surface area (Å²) in [7, 11) is 1.94. The van der Waals surface area contributed by atoms with Gasteiger partial charge in [0.2, 0.25) is 0 Å². The lowest BCUT2D eigenvalue weighted by molar-refractivity contribution is 0.412. The summed E-state index contributed by atoms with van der Waals surface area (Å²) < 4.78 is 1.83. The summed E-state index contributed by atoms with van der Waals surface area (Å²) in [5, 5.41) is 7.48. The fraction of sp³-hybridized carbons (Fsp3) is 0.714. The summed E-state index contributed by atoms with van der Waals surface area (Å²) in [5.74, 6) is 0.609. The number of hydrogen-bond acceptors (Lipinski definition) is 2. The summed E-state index contributed by atoms with van der Waals surface area (Å²) in [6, 6.07) is 0.538. The molecular weight excluding hydrogens is 365 g/mol. The fourth-order valence-corrected chi connectivity index (χ4v) is 2.59. The van der Waals surface area contributed by atoms with Gasteiger partial charge in [-0.1, -0.05) is 19.3 Å². The Morgan fingerprint density at radius 3 is 2.85 bits per heavy atom. The number of aliphatic imine (C=N–C) groups is 1. The molecule has 0 aromatic carbocycles. The molecule has 2 rings (SSSR count). The maximum atomic E-state index is 5.91. The van der Waals surface area contributed by atoms with E-state index in [2.05, 4.69) is 15.4 Å². The number of nitrogens with one attached hydrogen (secondary N) is 1. The van der Waals surface area contributed by atoms with Gasteiger partial charge in [0.05, 0.1) is 6.20 Å². The van der Waals surface area contributed by atoms with E-state index in [9.17, 15) is 0 Å². The zero-order chi connectivity index (χ0) is 13.5. The standard InChI is InChI=1S/C14H25N5.HI/c1-19-11-12(10-17-19)6-5-9-16-14(15)18-13-7-3-2-4-8-13;/h10-11,13H,2-9H2,1H3,(H3,15,16,18);1H. The molecule has 1 fully saturated rings. The molecule has 0 unspecified atom stereocenters. The van der Waals surface area contributed by atoms with Gasteiger partial charge in [0.15, 0.2) is 5.96 Å². The van der Waals surface area contributed by atoms with Gasteiger partial charge in [0.1, 0.15) is 0 Å². The summed E-state index contributed by atoms with van der Waals surface area (Å²) in [6.45, 7) is 0.778. The van der Waals surface area contributed by atoms with Gasteiger partial charge in [0.25, 0.3) is 0 Å². The fourth-order valence-electron chi connectivity index (χ4n) is 2.59. The maximum Gasteiger partial charge on any atom is 0.188 e. The van der Waals surface area contributed by atoms with Crippen molar-refractivity contribution in [3.05, 3.63) is 18.0 Å². The minimum Gasteiger partial charge on any atom is -0.370 e. The van der Waals surface area contributed by atoms with Crippen LogP contribution in [0, 0.1) is 0 Å². The Balaban J connectivity index is 0.00000200. The number of rotatable bonds is 5. The van der Waals surface area contributed by atoms with E-state index in [0.717, 1.165) is 19.4 Å². The third kappa shape index (κ3) is 6.11. The first-order chi connectivity index (χ1) is 9.24. The van der Waals surface area contributed by atoms with E-state index in [4.69, 9.17) is 5.73 Å². The largest absolute Gasteiger partial charge is 0.370 e. The van der Waals surface area contributed by atoms with Gasteiger partial charge in [-0.15, -0.1) is 24.0 Å². The minimum atomic E-state index is 0. The molecule has 0 bridgehead atoms. The summed E-state index contributed by atoms with van der Waals surface area (Å²) >= 11 is 0. The monoisotopic (exact) mass is 391 g/mol. The lowest BCUT2D eigenvalue weighted by Crippen LogP contribution is -2.41. The second-order valence-electron chi connectivity index (χ2n) is 5.37. The van der Waals surface area contributed by atoms with Crippen molar-refractivity contribution in [2.75, 3.05) is 6.54 Å². The molecule has 1 aromatic rings. The number of aryl methyl sites for hydroxylation is 2. The van der Waals surface area contributed by atoms with E-state index in [1.54, 1.807) is 0 Å². The molecule has 0 aliphatic heterocycles. The van der Waals surface area contributed by atoms with Crippen LogP contribution in [0.25, 0.3) is 0 Å². The highest BCUT2D eigenvalue weighted by atomic mass is 127. The number of aromatic nitrogens is 2. The van der Waals surface area contributed by atoms with Gasteiger partial charge >= 0.3 is 0 Å². The molecule has 1 aliphatic carbocycles. The van der Waals surface area contributed by atoms with Crippen molar-refractivity contribution in [2.24, 2.45) is 17.8 Å². The topological polar surface area (TPSA) is 68.2 Å². The number of halogens is 1. The van der Waals surface area contributed by atoms with Crippen LogP contribution in [0.5, 0.6) is 0 Å². The molecule has 6 heteroatoms. The molecule has 3 N–H and O–H groups in total. The van der Waals surface area contributed by atoms with Crippen LogP contribution in [0.2, 0.25) is 0 Å². The van der Waals surface area contributed by atoms with Crippen molar-refractivity contribution < 1.29 is 0 Å². The number of nitrogens with zero attached hydrogens (tertiary/aromatic N) is 3. The van der Waals surface area contributed by atoms with Crippen LogP contribution >= 0.6 is 24.0 Å². The Labute approximate surface area is 138 Å². The van der Waals surface area contributed by atoms with E-state index >= 15 is 0 Å². The van der Waals surface area contributed by atoms with Crippen LogP contribution in [0.4, 0.5) is 0 Å². The Morgan fingerprint density at radius 2 is 2.20 bits per heavy atom. The first-order valence-corrected chi connectivity index (χ1v) is 7.28. The maximum absolute atomic E-state index is 5.91. The lowest BCUT2D eigenvalue weighted by Gasteiger charge is -2.23. The van der Waals surface area contributed by atoms with Crippen molar-refractivity contribution >= 4 is 29.9 Å². The van der Waals surface area contributed by atoms with Crippen LogP contribution in [0.15, 0.2) is 17.4 Å². The highest BCUT2D eigenvalue weighted by molar-refractivity contribution is 14.0. The number of hydrogen-bond donors (Lipinski definition) is 2. The van der Waals surface area contributed by atoms with Gasteiger partial charge in [-0.2, -0.15) is 5.10 Å². The molecule has 0 spiro atoms. The molecule has 0 atom stereocenters. The number of nitrogens with two attached hydrogens (primary N) is 1. The van der Waals surface area contributed by atoms with E-state index in [1.165, 1.54) is 37.7 Å². The molecule has 1 aliphatic rings. The van der Waals surface area contributed by atoms with Crippen LogP contribution in [-0.2, 0) is 13.5 Å². The van der Waals surface area contributed by atoms with Crippen molar-refractivity contribution in [1.29, 1.82) is 0 Å². The molecular formula is C14H26IN5. The molecule has 1 heterocycles. The molecule has 114 valence electrons. The average molecular weight is 391 g/mol. The van der Waals surface area contributed by atoms with Crippen molar-refractivity contribution in [3.8, 4) is 0 Å². The summed E-state index contributed by atoms with van der Waals surface area (Å²) in [4.78, 5) is 4.40. The molecule has 20 heavy (non-hydrogen) atoms. The van der Waals surface area contributed by atoms with Gasteiger partial charge < -0.3 is 11.1 Å². The quantitative estimate of drug-likeness (QED) is 0.350. The highest BCUT2D eigenvalue weighted by Crippen LogP contribution is 2.16. The van der Waals surface area contributed by atoms with Crippen LogP contribution in [0.3, 0.4) is 0 Å². The molecule has 1 aromatic heterocycles. The first kappa shape index (κ1) is 17.3. The molecule has 0 amide bonds. The predicted molar refractivity (Wildman–Crippen MR) is 93.4 cm³/mol. The van der Waals surface area contributed by atoms with Crippen molar-refractivity contribution in [1.82, 2.24) is 15.1 Å². The van der Waals surface area contributed by atoms with E-state index in [0.29, 0.717) is 12.0 Å². The molecule has 0 saturated heterocycles. The third-order valence-electron chi connectivity index (χ3n) is 3.62. The predicted octanol–water partition coefficient (Wildman–Crippen LogP) is 2.21. The highest BCUT2D eigenvalue weighted by Gasteiger charge is 2.12. The Bertz CT molecular complexity index is 409. The van der Waals surface area contributed by atoms with Crippen molar-refractivity contribution in [3.63, 3.8) is 0 Å². The van der Waals surface area contributed by atoms with E-state index in [1.807, 2.05) is 24.1 Å². The summed E-state index contributed by atoms with van der Waals surface area (Å²) in [5.41, 5.74) is 7.17. The number of guanidine groups is 1. The van der Waals surface area contributed by atoms with Gasteiger partial charge in [-0.3, -0.25) is 9.67 Å². The second-order valence-corrected chi connectivity index (χ2v) is 5.37. The minimum absolute atomic E-state index is 0. The first-order valence-electron chi connectivity index (χ1n) is 7.28. The van der Waals surface area contributed by atoms with E-state index in [-0.39, 0.29) is 24.0 Å². The van der Waals surface area contributed by atoms with Crippen LogP contribution < -0.4 is 11.1 Å².